The molecule has 2 aliphatic rings. The van der Waals surface area contributed by atoms with E-state index in [0.29, 0.717) is 31.2 Å². The van der Waals surface area contributed by atoms with Gasteiger partial charge in [0.05, 0.1) is 16.7 Å². The molecule has 0 spiro atoms. The van der Waals surface area contributed by atoms with E-state index in [9.17, 15) is 12.8 Å². The quantitative estimate of drug-likeness (QED) is 0.614. The van der Waals surface area contributed by atoms with Crippen LogP contribution in [0.4, 0.5) is 10.1 Å². The lowest BCUT2D eigenvalue weighted by atomic mass is 10.0. The van der Waals surface area contributed by atoms with Gasteiger partial charge in [0.25, 0.3) is 0 Å². The average Bonchev–Trinajstić information content (AvgIpc) is 3.32. The van der Waals surface area contributed by atoms with Crippen molar-refractivity contribution in [2.45, 2.75) is 43.2 Å². The van der Waals surface area contributed by atoms with Crippen LogP contribution in [-0.4, -0.2) is 56.8 Å². The van der Waals surface area contributed by atoms with E-state index in [1.165, 1.54) is 17.8 Å². The van der Waals surface area contributed by atoms with Gasteiger partial charge in [-0.3, -0.25) is 15.2 Å². The van der Waals surface area contributed by atoms with Crippen molar-refractivity contribution in [1.29, 1.82) is 0 Å². The molecule has 2 aliphatic heterocycles. The summed E-state index contributed by atoms with van der Waals surface area (Å²) < 4.78 is 37.7. The fourth-order valence-electron chi connectivity index (χ4n) is 4.30. The monoisotopic (exact) mass is 462 g/mol. The van der Waals surface area contributed by atoms with Gasteiger partial charge in [-0.2, -0.15) is 0 Å². The Morgan fingerprint density at radius 3 is 2.59 bits per heavy atom. The van der Waals surface area contributed by atoms with E-state index in [-0.39, 0.29) is 11.0 Å². The van der Waals surface area contributed by atoms with Crippen molar-refractivity contribution >= 4 is 15.5 Å². The highest BCUT2D eigenvalue weighted by molar-refractivity contribution is 7.90. The summed E-state index contributed by atoms with van der Waals surface area (Å²) in [6, 6.07) is 8.61. The number of likely N-dealkylation sites (tertiary alicyclic amines) is 1. The van der Waals surface area contributed by atoms with Gasteiger partial charge in [-0.05, 0) is 56.2 Å². The average molecular weight is 463 g/mol. The van der Waals surface area contributed by atoms with Crippen LogP contribution in [-0.2, 0) is 14.7 Å². The zero-order chi connectivity index (χ0) is 22.7. The predicted molar refractivity (Wildman–Crippen MR) is 122 cm³/mol. The molecular weight excluding hydrogens is 431 g/mol. The van der Waals surface area contributed by atoms with E-state index in [1.807, 2.05) is 23.2 Å². The summed E-state index contributed by atoms with van der Waals surface area (Å²) in [5.41, 5.74) is 5.76. The van der Waals surface area contributed by atoms with Crippen molar-refractivity contribution in [3.8, 4) is 0 Å². The molecule has 1 fully saturated rings. The molecule has 0 aliphatic carbocycles. The first-order valence-electron chi connectivity index (χ1n) is 11.0. The van der Waals surface area contributed by atoms with Gasteiger partial charge in [-0.25, -0.2) is 12.8 Å². The van der Waals surface area contributed by atoms with Gasteiger partial charge in [0.1, 0.15) is 5.82 Å². The number of rotatable bonds is 7. The summed E-state index contributed by atoms with van der Waals surface area (Å²) in [6.07, 6.45) is 7.84. The number of anilines is 1. The number of hydrogen-bond acceptors (Lipinski definition) is 6. The smallest absolute Gasteiger partial charge is 0.175 e. The fraction of sp³-hybridized carbons (Fsp3) is 0.478. The van der Waals surface area contributed by atoms with Crippen LogP contribution in [0, 0.1) is 5.82 Å². The summed E-state index contributed by atoms with van der Waals surface area (Å²) in [5, 5.41) is 0. The molecule has 1 aromatic heterocycles. The van der Waals surface area contributed by atoms with Crippen LogP contribution < -0.4 is 10.4 Å². The maximum absolute atomic E-state index is 14.5. The van der Waals surface area contributed by atoms with E-state index in [1.54, 1.807) is 0 Å². The SMILES string of the molecule is CC(c1ccc[nH]1)N1CCC(ONC2=CCN(c3ccc(S(C)(=O)=O)cc3F)CC2)CC1. The summed E-state index contributed by atoms with van der Waals surface area (Å²) in [4.78, 5) is 13.6. The van der Waals surface area contributed by atoms with Gasteiger partial charge in [-0.1, -0.05) is 0 Å². The van der Waals surface area contributed by atoms with E-state index in [4.69, 9.17) is 4.84 Å². The zero-order valence-corrected chi connectivity index (χ0v) is 19.4. The number of piperidine rings is 1. The van der Waals surface area contributed by atoms with Crippen molar-refractivity contribution in [2.75, 3.05) is 37.3 Å². The van der Waals surface area contributed by atoms with Crippen molar-refractivity contribution < 1.29 is 17.6 Å². The first kappa shape index (κ1) is 22.8. The minimum absolute atomic E-state index is 0.00426. The number of H-pyrrole nitrogens is 1. The van der Waals surface area contributed by atoms with Crippen molar-refractivity contribution in [2.24, 2.45) is 0 Å². The number of hydroxylamine groups is 1. The van der Waals surface area contributed by atoms with Crippen LogP contribution in [0.25, 0.3) is 0 Å². The molecule has 9 heteroatoms. The molecule has 4 rings (SSSR count). The lowest BCUT2D eigenvalue weighted by Gasteiger charge is -2.36. The molecule has 1 aromatic carbocycles. The molecule has 2 aromatic rings. The Morgan fingerprint density at radius 2 is 2.00 bits per heavy atom. The summed E-state index contributed by atoms with van der Waals surface area (Å²) >= 11 is 0. The number of hydrogen-bond donors (Lipinski definition) is 2. The normalized spacial score (nSPS) is 19.6. The topological polar surface area (TPSA) is 77.7 Å². The lowest BCUT2D eigenvalue weighted by Crippen LogP contribution is -2.41. The molecule has 0 amide bonds. The van der Waals surface area contributed by atoms with Crippen LogP contribution in [0.5, 0.6) is 0 Å². The van der Waals surface area contributed by atoms with Crippen LogP contribution >= 0.6 is 0 Å². The third kappa shape index (κ3) is 5.33. The van der Waals surface area contributed by atoms with Crippen molar-refractivity contribution in [3.05, 3.63) is 59.8 Å². The Hall–Kier alpha value is -2.36. The summed E-state index contributed by atoms with van der Waals surface area (Å²) in [5.74, 6) is -0.519. The number of nitrogens with zero attached hydrogens (tertiary/aromatic N) is 2. The molecule has 2 N–H and O–H groups in total. The highest BCUT2D eigenvalue weighted by Gasteiger charge is 2.25. The maximum atomic E-state index is 14.5. The second kappa shape index (κ2) is 9.64. The Balaban J connectivity index is 1.24. The predicted octanol–water partition coefficient (Wildman–Crippen LogP) is 3.40. The Morgan fingerprint density at radius 1 is 1.22 bits per heavy atom. The molecule has 174 valence electrons. The molecule has 0 saturated carbocycles. The van der Waals surface area contributed by atoms with Gasteiger partial charge >= 0.3 is 0 Å². The Kier molecular flexibility index (Phi) is 6.88. The first-order valence-corrected chi connectivity index (χ1v) is 12.9. The first-order chi connectivity index (χ1) is 15.3. The molecule has 32 heavy (non-hydrogen) atoms. The van der Waals surface area contributed by atoms with Gasteiger partial charge in [0.2, 0.25) is 0 Å². The lowest BCUT2D eigenvalue weighted by molar-refractivity contribution is -0.0465. The van der Waals surface area contributed by atoms with Crippen LogP contribution in [0.2, 0.25) is 0 Å². The van der Waals surface area contributed by atoms with Crippen LogP contribution in [0.3, 0.4) is 0 Å². The van der Waals surface area contributed by atoms with Crippen LogP contribution in [0.15, 0.2) is 53.2 Å². The van der Waals surface area contributed by atoms with E-state index in [2.05, 4.69) is 28.4 Å². The number of halogens is 1. The Labute approximate surface area is 189 Å². The van der Waals surface area contributed by atoms with Crippen LogP contribution in [0.1, 0.15) is 37.9 Å². The molecule has 7 nitrogen and oxygen atoms in total. The third-order valence-corrected chi connectivity index (χ3v) is 7.46. The molecule has 0 radical (unpaired) electrons. The van der Waals surface area contributed by atoms with E-state index >= 15 is 0 Å². The maximum Gasteiger partial charge on any atom is 0.175 e. The standard InChI is InChI=1S/C23H31FN4O3S/c1-17(22-4-3-11-25-22)27-14-9-19(10-15-27)31-26-18-7-12-28(13-8-18)23-6-5-20(16-21(23)24)32(2,29)30/h3-7,11,16-17,19,25-26H,8-10,12-15H2,1-2H3. The minimum atomic E-state index is -3.42. The number of aromatic nitrogens is 1. The van der Waals surface area contributed by atoms with Gasteiger partial charge in [0.15, 0.2) is 9.84 Å². The Bertz CT molecular complexity index is 1050. The largest absolute Gasteiger partial charge is 0.365 e. The van der Waals surface area contributed by atoms with E-state index in [0.717, 1.165) is 44.0 Å². The molecule has 1 saturated heterocycles. The number of benzene rings is 1. The summed E-state index contributed by atoms with van der Waals surface area (Å²) in [6.45, 7) is 5.36. The number of nitrogens with one attached hydrogen (secondary N) is 2. The van der Waals surface area contributed by atoms with Gasteiger partial charge in [0, 0.05) is 62.5 Å². The van der Waals surface area contributed by atoms with Crippen molar-refractivity contribution in [3.63, 3.8) is 0 Å². The van der Waals surface area contributed by atoms with Crippen molar-refractivity contribution in [1.82, 2.24) is 15.4 Å². The zero-order valence-electron chi connectivity index (χ0n) is 18.6. The molecule has 1 atom stereocenters. The third-order valence-electron chi connectivity index (χ3n) is 6.35. The molecule has 3 heterocycles. The van der Waals surface area contributed by atoms with E-state index < -0.39 is 15.7 Å². The van der Waals surface area contributed by atoms with Gasteiger partial charge in [-0.15, -0.1) is 0 Å². The van der Waals surface area contributed by atoms with Gasteiger partial charge < -0.3 is 9.88 Å². The molecule has 1 unspecified atom stereocenters. The molecule has 0 bridgehead atoms. The highest BCUT2D eigenvalue weighted by atomic mass is 32.2. The summed E-state index contributed by atoms with van der Waals surface area (Å²) in [7, 11) is -3.42. The molecular formula is C23H31FN4O3S. The second-order valence-corrected chi connectivity index (χ2v) is 10.6. The minimum Gasteiger partial charge on any atom is -0.365 e. The number of aromatic amines is 1. The number of sulfone groups is 1. The highest BCUT2D eigenvalue weighted by Crippen LogP contribution is 2.26. The second-order valence-electron chi connectivity index (χ2n) is 8.57. The fourth-order valence-corrected chi connectivity index (χ4v) is 4.93.